The van der Waals surface area contributed by atoms with E-state index in [0.717, 1.165) is 10.8 Å². The van der Waals surface area contributed by atoms with E-state index in [1.807, 2.05) is 30.3 Å². The Balaban J connectivity index is 1.26. The standard InChI is InChI=1S/C39H33N3O10/c1-18-21-14-15-25(42-38(50)41-24-13-7-11-20-10-5-6-12-22(20)24)32(45)29(21)33(46)31-28(18)34(52-27(44)16-19-8-3-2-4-9-19)23-17-26(43)30(37(40)49)35(47)39(23,51)36(31)48/h2-15,18,23,28,30-31,34,45,51H,16-17H2,1H3,(H2,40,49)(H2,41,42,50)/t18-,23+,28+,30?,31?,34+,39+/m0/s1. The minimum atomic E-state index is -3.09. The summed E-state index contributed by atoms with van der Waals surface area (Å²) < 4.78 is 5.92. The Labute approximate surface area is 296 Å². The van der Waals surface area contributed by atoms with Crippen molar-refractivity contribution in [3.8, 4) is 5.75 Å². The van der Waals surface area contributed by atoms with Crippen LogP contribution in [0, 0.1) is 23.7 Å². The Kier molecular flexibility index (Phi) is 8.46. The van der Waals surface area contributed by atoms with E-state index in [0.29, 0.717) is 11.3 Å². The number of carbonyl (C=O) groups excluding carboxylic acids is 7. The highest BCUT2D eigenvalue weighted by molar-refractivity contribution is 6.31. The molecule has 0 bridgehead atoms. The number of carbonyl (C=O) groups is 7. The van der Waals surface area contributed by atoms with Crippen molar-refractivity contribution in [2.45, 2.75) is 37.4 Å². The quantitative estimate of drug-likeness (QED) is 0.112. The lowest BCUT2D eigenvalue weighted by atomic mass is 9.50. The number of aliphatic hydroxyl groups is 1. The summed E-state index contributed by atoms with van der Waals surface area (Å²) in [6.45, 7) is 1.62. The fraction of sp³-hybridized carbons (Fsp3) is 0.256. The average molecular weight is 704 g/mol. The summed E-state index contributed by atoms with van der Waals surface area (Å²) in [7, 11) is 0. The number of rotatable bonds is 6. The summed E-state index contributed by atoms with van der Waals surface area (Å²) in [4.78, 5) is 94.3. The highest BCUT2D eigenvalue weighted by Gasteiger charge is 2.71. The molecule has 3 amide bonds. The zero-order valence-electron chi connectivity index (χ0n) is 27.7. The Morgan fingerprint density at radius 3 is 2.27 bits per heavy atom. The van der Waals surface area contributed by atoms with E-state index in [4.69, 9.17) is 10.5 Å². The van der Waals surface area contributed by atoms with Crippen LogP contribution >= 0.6 is 0 Å². The molecule has 0 radical (unpaired) electrons. The SMILES string of the molecule is C[C@H]1c2ccc(NC(=O)Nc3cccc4ccccc34)c(O)c2C(=O)C2C(=O)[C@]3(O)C(=O)C(C(N)=O)C(=O)C[C@@H]3[C@@H](OC(=O)Cc3ccccc3)[C@@H]21. The molecule has 0 spiro atoms. The van der Waals surface area contributed by atoms with Crippen LogP contribution < -0.4 is 16.4 Å². The molecule has 3 aliphatic rings. The average Bonchev–Trinajstić information content (AvgIpc) is 3.11. The van der Waals surface area contributed by atoms with Gasteiger partial charge in [0.25, 0.3) is 0 Å². The summed E-state index contributed by atoms with van der Waals surface area (Å²) in [5.41, 5.74) is 3.04. The molecule has 4 aromatic rings. The normalized spacial score (nSPS) is 26.5. The lowest BCUT2D eigenvalue weighted by Crippen LogP contribution is -2.73. The zero-order valence-corrected chi connectivity index (χ0v) is 27.7. The van der Waals surface area contributed by atoms with Crippen LogP contribution in [0.5, 0.6) is 5.75 Å². The monoisotopic (exact) mass is 703 g/mol. The topological polar surface area (TPSA) is 219 Å². The predicted molar refractivity (Wildman–Crippen MR) is 185 cm³/mol. The number of urea groups is 1. The maximum absolute atomic E-state index is 14.4. The van der Waals surface area contributed by atoms with E-state index in [2.05, 4.69) is 10.6 Å². The number of phenolic OH excluding ortho intramolecular Hbond substituents is 1. The van der Waals surface area contributed by atoms with Gasteiger partial charge in [0.05, 0.1) is 29.3 Å². The van der Waals surface area contributed by atoms with Crippen LogP contribution in [0.3, 0.4) is 0 Å². The van der Waals surface area contributed by atoms with E-state index in [-0.39, 0.29) is 23.2 Å². The molecule has 2 saturated carbocycles. The van der Waals surface area contributed by atoms with Gasteiger partial charge < -0.3 is 31.3 Å². The maximum Gasteiger partial charge on any atom is 0.323 e. The van der Waals surface area contributed by atoms with Gasteiger partial charge in [-0.1, -0.05) is 79.7 Å². The smallest absolute Gasteiger partial charge is 0.323 e. The number of hydrogen-bond acceptors (Lipinski definition) is 10. The van der Waals surface area contributed by atoms with Crippen LogP contribution in [0.15, 0.2) is 84.9 Å². The van der Waals surface area contributed by atoms with Crippen LogP contribution in [-0.2, 0) is 35.1 Å². The first-order valence-corrected chi connectivity index (χ1v) is 16.6. The van der Waals surface area contributed by atoms with Crippen LogP contribution in [0.4, 0.5) is 16.2 Å². The number of primary amides is 1. The Bertz CT molecular complexity index is 2210. The lowest BCUT2D eigenvalue weighted by molar-refractivity contribution is -0.198. The second-order valence-electron chi connectivity index (χ2n) is 13.5. The lowest BCUT2D eigenvalue weighted by Gasteiger charge is -2.53. The minimum absolute atomic E-state index is 0.172. The first-order valence-electron chi connectivity index (χ1n) is 16.6. The van der Waals surface area contributed by atoms with Gasteiger partial charge in [0.2, 0.25) is 5.91 Å². The fourth-order valence-corrected chi connectivity index (χ4v) is 8.15. The molecule has 3 aliphatic carbocycles. The number of ether oxygens (including phenoxy) is 1. The molecule has 0 aliphatic heterocycles. The number of nitrogens with one attached hydrogen (secondary N) is 2. The molecule has 2 fully saturated rings. The Morgan fingerprint density at radius 1 is 0.865 bits per heavy atom. The number of nitrogens with two attached hydrogens (primary N) is 1. The van der Waals surface area contributed by atoms with Gasteiger partial charge >= 0.3 is 12.0 Å². The molecule has 0 saturated heterocycles. The first kappa shape index (κ1) is 34.2. The summed E-state index contributed by atoms with van der Waals surface area (Å²) in [6.07, 6.45) is -2.47. The fourth-order valence-electron chi connectivity index (χ4n) is 8.15. The first-order chi connectivity index (χ1) is 24.8. The number of amides is 3. The van der Waals surface area contributed by atoms with Crippen molar-refractivity contribution in [3.05, 3.63) is 102 Å². The minimum Gasteiger partial charge on any atom is -0.505 e. The molecule has 13 nitrogen and oxygen atoms in total. The Hall–Kier alpha value is -6.21. The van der Waals surface area contributed by atoms with Gasteiger partial charge in [0.15, 0.2) is 34.7 Å². The van der Waals surface area contributed by atoms with Crippen molar-refractivity contribution < 1.29 is 48.5 Å². The number of esters is 1. The van der Waals surface area contributed by atoms with Crippen LogP contribution in [-0.4, -0.2) is 63.0 Å². The summed E-state index contributed by atoms with van der Waals surface area (Å²) in [5, 5.41) is 30.3. The largest absolute Gasteiger partial charge is 0.505 e. The van der Waals surface area contributed by atoms with Gasteiger partial charge in [0, 0.05) is 23.6 Å². The van der Waals surface area contributed by atoms with Gasteiger partial charge in [-0.3, -0.25) is 28.8 Å². The molecule has 0 heterocycles. The molecule has 7 rings (SSSR count). The molecule has 6 N–H and O–H groups in total. The third-order valence-corrected chi connectivity index (χ3v) is 10.6. The van der Waals surface area contributed by atoms with Crippen molar-refractivity contribution in [1.29, 1.82) is 0 Å². The van der Waals surface area contributed by atoms with Crippen molar-refractivity contribution in [2.75, 3.05) is 10.6 Å². The van der Waals surface area contributed by atoms with E-state index in [1.54, 1.807) is 49.4 Å². The van der Waals surface area contributed by atoms with E-state index in [1.165, 1.54) is 12.1 Å². The van der Waals surface area contributed by atoms with Crippen molar-refractivity contribution in [2.24, 2.45) is 29.4 Å². The molecular weight excluding hydrogens is 670 g/mol. The number of aromatic hydroxyl groups is 1. The summed E-state index contributed by atoms with van der Waals surface area (Å²) in [5.74, 6) is -15.2. The molecule has 264 valence electrons. The second-order valence-corrected chi connectivity index (χ2v) is 13.5. The highest BCUT2D eigenvalue weighted by atomic mass is 16.5. The summed E-state index contributed by atoms with van der Waals surface area (Å²) in [6, 6.07) is 23.3. The van der Waals surface area contributed by atoms with Gasteiger partial charge in [-0.2, -0.15) is 0 Å². The molecule has 0 aromatic heterocycles. The van der Waals surface area contributed by atoms with E-state index < -0.39 is 94.5 Å². The number of phenols is 1. The third kappa shape index (κ3) is 5.41. The summed E-state index contributed by atoms with van der Waals surface area (Å²) >= 11 is 0. The number of anilines is 2. The van der Waals surface area contributed by atoms with Crippen LogP contribution in [0.1, 0.15) is 40.7 Å². The number of benzene rings is 4. The van der Waals surface area contributed by atoms with Gasteiger partial charge in [-0.05, 0) is 34.6 Å². The van der Waals surface area contributed by atoms with Gasteiger partial charge in [0.1, 0.15) is 11.9 Å². The van der Waals surface area contributed by atoms with Crippen LogP contribution in [0.2, 0.25) is 0 Å². The number of fused-ring (bicyclic) bond motifs is 4. The van der Waals surface area contributed by atoms with Crippen LogP contribution in [0.25, 0.3) is 10.8 Å². The molecular formula is C39H33N3O10. The van der Waals surface area contributed by atoms with Crippen molar-refractivity contribution >= 4 is 63.2 Å². The maximum atomic E-state index is 14.4. The third-order valence-electron chi connectivity index (χ3n) is 10.6. The van der Waals surface area contributed by atoms with E-state index in [9.17, 15) is 43.8 Å². The predicted octanol–water partition coefficient (Wildman–Crippen LogP) is 3.45. The molecule has 13 heteroatoms. The van der Waals surface area contributed by atoms with Crippen molar-refractivity contribution in [3.63, 3.8) is 0 Å². The number of ketones is 4. The zero-order chi connectivity index (χ0) is 37.1. The molecule has 4 aromatic carbocycles. The highest BCUT2D eigenvalue weighted by Crippen LogP contribution is 2.55. The molecule has 7 atom stereocenters. The Morgan fingerprint density at radius 2 is 1.54 bits per heavy atom. The molecule has 2 unspecified atom stereocenters. The molecule has 52 heavy (non-hydrogen) atoms. The van der Waals surface area contributed by atoms with E-state index >= 15 is 0 Å². The van der Waals surface area contributed by atoms with Crippen molar-refractivity contribution in [1.82, 2.24) is 0 Å². The van der Waals surface area contributed by atoms with Gasteiger partial charge in [-0.25, -0.2) is 4.79 Å². The van der Waals surface area contributed by atoms with Gasteiger partial charge in [-0.15, -0.1) is 0 Å². The number of hydrogen-bond donors (Lipinski definition) is 5. The number of Topliss-reactive ketones (excluding diaryl/α,β-unsaturated/α-hetero) is 4. The second kappa shape index (κ2) is 12.8.